The van der Waals surface area contributed by atoms with E-state index < -0.39 is 0 Å². The quantitative estimate of drug-likeness (QED) is 0.332. The number of hydrogen-bond donors (Lipinski definition) is 0. The van der Waals surface area contributed by atoms with Gasteiger partial charge in [0.05, 0.1) is 0 Å². The van der Waals surface area contributed by atoms with Crippen molar-refractivity contribution in [1.29, 1.82) is 0 Å². The van der Waals surface area contributed by atoms with E-state index in [0.29, 0.717) is 0 Å². The third-order valence-corrected chi connectivity index (χ3v) is 0. The van der Waals surface area contributed by atoms with Crippen LogP contribution in [-0.2, 0) is 33.3 Å². The summed E-state index contributed by atoms with van der Waals surface area (Å²) in [6.45, 7) is 0. The van der Waals surface area contributed by atoms with Gasteiger partial charge in [-0.1, -0.05) is 0 Å². The van der Waals surface area contributed by atoms with Crippen molar-refractivity contribution in [3.05, 3.63) is 7.43 Å². The van der Waals surface area contributed by atoms with Gasteiger partial charge in [-0.2, -0.15) is 0 Å². The zero-order valence-corrected chi connectivity index (χ0v) is 4.26. The van der Waals surface area contributed by atoms with Gasteiger partial charge >= 0.3 is 0 Å². The Kier molecular flexibility index (Phi) is 621. The van der Waals surface area contributed by atoms with E-state index in [1.165, 1.54) is 0 Å². The van der Waals surface area contributed by atoms with E-state index in [1.54, 1.807) is 0 Å². The third kappa shape index (κ3) is 11.5. The fourth-order valence-electron chi connectivity index (χ4n) is 0. The van der Waals surface area contributed by atoms with E-state index >= 15 is 0 Å². The largest absolute Gasteiger partial charge is 0.358 e. The molecular weight excluding hydrogens is 140 g/mol. The monoisotopic (exact) mass is 143 g/mol. The molecule has 0 aromatic carbocycles. The summed E-state index contributed by atoms with van der Waals surface area (Å²) in [4.78, 5) is 0. The molecule has 30 valence electrons. The summed E-state index contributed by atoms with van der Waals surface area (Å²) in [5, 5.41) is 0. The first-order valence-electron chi connectivity index (χ1n) is 0. The van der Waals surface area contributed by atoms with E-state index in [4.69, 9.17) is 0 Å². The molecule has 0 aromatic heterocycles. The van der Waals surface area contributed by atoms with E-state index in [9.17, 15) is 0 Å². The molecule has 0 nitrogen and oxygen atoms in total. The molecule has 0 saturated carbocycles. The van der Waals surface area contributed by atoms with Gasteiger partial charge in [0.15, 0.2) is 0 Å². The maximum Gasteiger partial charge on any atom is 0 e. The van der Waals surface area contributed by atoms with Gasteiger partial charge in [-0.05, 0) is 0 Å². The van der Waals surface area contributed by atoms with Crippen molar-refractivity contribution in [1.82, 2.24) is 0 Å². The molecule has 0 rings (SSSR count). The first-order valence-corrected chi connectivity index (χ1v) is 0. The maximum absolute atomic E-state index is 0. The Morgan fingerprint density at radius 3 is 1.00 bits per heavy atom. The maximum atomic E-state index is 0. The molecule has 0 aromatic rings. The van der Waals surface area contributed by atoms with Gasteiger partial charge in [0.2, 0.25) is 0 Å². The van der Waals surface area contributed by atoms with Gasteiger partial charge in [0.25, 0.3) is 0 Å². The smallest absolute Gasteiger partial charge is 0 e. The van der Waals surface area contributed by atoms with Crippen LogP contribution < -0.4 is 0 Å². The Labute approximate surface area is 49.4 Å². The molecule has 0 aliphatic heterocycles. The van der Waals surface area contributed by atoms with Gasteiger partial charge in [0, 0.05) is 41.7 Å². The number of rotatable bonds is 0. The summed E-state index contributed by atoms with van der Waals surface area (Å²) >= 11 is 0. The third-order valence-electron chi connectivity index (χ3n) is 0. The molecule has 0 N–H and O–H groups in total. The Hall–Kier alpha value is 1.06. The average Bonchev–Trinajstić information content (AvgIpc) is 0. The van der Waals surface area contributed by atoms with Crippen LogP contribution >= 0.6 is 0 Å². The van der Waals surface area contributed by atoms with Crippen molar-refractivity contribution in [2.45, 2.75) is 0 Å². The second-order valence-electron chi connectivity index (χ2n) is 0. The first kappa shape index (κ1) is 73.8. The Morgan fingerprint density at radius 2 is 1.00 bits per heavy atom. The fourth-order valence-corrected chi connectivity index (χ4v) is 0. The molecule has 0 fully saturated rings. The summed E-state index contributed by atoms with van der Waals surface area (Å²) in [5.74, 6) is 0. The van der Waals surface area contributed by atoms with Crippen LogP contribution in [0.1, 0.15) is 0 Å². The Balaban J connectivity index is 0. The standard InChI is InChI=1S/CH3.B.Co.Ni/h1H3;;;/q-1;;;. The molecule has 3 heteroatoms. The van der Waals surface area contributed by atoms with Gasteiger partial charge < -0.3 is 7.43 Å². The number of hydrogen-bond acceptors (Lipinski definition) is 0. The Bertz CT molecular complexity index is 8.00. The second kappa shape index (κ2) is 33.7. The molecule has 4 radical (unpaired) electrons. The summed E-state index contributed by atoms with van der Waals surface area (Å²) in [7, 11) is 0. The molecule has 0 atom stereocenters. The minimum Gasteiger partial charge on any atom is -0.358 e. The zero-order valence-electron chi connectivity index (χ0n) is 2.23. The predicted octanol–water partition coefficient (Wildman–Crippen LogP) is 0.0645. The molecule has 0 aliphatic carbocycles. The summed E-state index contributed by atoms with van der Waals surface area (Å²) < 4.78 is 0. The minimum atomic E-state index is 0. The van der Waals surface area contributed by atoms with Crippen LogP contribution in [0.5, 0.6) is 0 Å². The van der Waals surface area contributed by atoms with Crippen LogP contribution in [0.15, 0.2) is 0 Å². The molecule has 4 heavy (non-hydrogen) atoms. The van der Waals surface area contributed by atoms with E-state index in [1.807, 2.05) is 0 Å². The average molecular weight is 143 g/mol. The van der Waals surface area contributed by atoms with Crippen LogP contribution in [0.2, 0.25) is 0 Å². The molecule has 0 unspecified atom stereocenters. The van der Waals surface area contributed by atoms with Crippen molar-refractivity contribution >= 4 is 8.41 Å². The van der Waals surface area contributed by atoms with Crippen LogP contribution in [0, 0.1) is 7.43 Å². The van der Waals surface area contributed by atoms with Crippen LogP contribution in [-0.4, -0.2) is 8.41 Å². The van der Waals surface area contributed by atoms with Crippen LogP contribution in [0.3, 0.4) is 0 Å². The minimum absolute atomic E-state index is 0. The summed E-state index contributed by atoms with van der Waals surface area (Å²) in [5.41, 5.74) is 0. The second-order valence-corrected chi connectivity index (χ2v) is 0. The van der Waals surface area contributed by atoms with E-state index in [2.05, 4.69) is 0 Å². The van der Waals surface area contributed by atoms with Gasteiger partial charge in [0.1, 0.15) is 0 Å². The van der Waals surface area contributed by atoms with E-state index in [-0.39, 0.29) is 49.1 Å². The summed E-state index contributed by atoms with van der Waals surface area (Å²) in [6.07, 6.45) is 0. The Morgan fingerprint density at radius 1 is 1.00 bits per heavy atom. The molecule has 0 amide bonds. The normalized spacial score (nSPS) is 0. The van der Waals surface area contributed by atoms with Crippen molar-refractivity contribution in [3.63, 3.8) is 0 Å². The molecular formula is CH3BCoNi-. The molecule has 0 saturated heterocycles. The molecule has 0 aliphatic rings. The fraction of sp³-hybridized carbons (Fsp3) is 0. The van der Waals surface area contributed by atoms with Crippen molar-refractivity contribution in [3.8, 4) is 0 Å². The molecule has 0 spiro atoms. The van der Waals surface area contributed by atoms with Crippen molar-refractivity contribution < 1.29 is 33.3 Å². The van der Waals surface area contributed by atoms with Gasteiger partial charge in [-0.25, -0.2) is 0 Å². The molecule has 0 heterocycles. The van der Waals surface area contributed by atoms with Crippen molar-refractivity contribution in [2.24, 2.45) is 0 Å². The first-order chi connectivity index (χ1) is 0. The van der Waals surface area contributed by atoms with Crippen LogP contribution in [0.25, 0.3) is 0 Å². The van der Waals surface area contributed by atoms with E-state index in [0.717, 1.165) is 0 Å². The zero-order chi connectivity index (χ0) is 0. The summed E-state index contributed by atoms with van der Waals surface area (Å²) in [6, 6.07) is 0. The van der Waals surface area contributed by atoms with Crippen LogP contribution in [0.4, 0.5) is 0 Å². The van der Waals surface area contributed by atoms with Crippen molar-refractivity contribution in [2.75, 3.05) is 0 Å². The SMILES string of the molecule is [B].[CH3-].[Co].[Ni]. The topological polar surface area (TPSA) is 0 Å². The van der Waals surface area contributed by atoms with Gasteiger partial charge in [-0.3, -0.25) is 0 Å². The predicted molar refractivity (Wildman–Crippen MR) is 12.2 cm³/mol. The molecule has 0 bridgehead atoms. The van der Waals surface area contributed by atoms with Gasteiger partial charge in [-0.15, -0.1) is 0 Å².